The second-order valence-electron chi connectivity index (χ2n) is 8.26. The van der Waals surface area contributed by atoms with Crippen molar-refractivity contribution in [1.82, 2.24) is 0 Å². The molecule has 0 heterocycles. The first-order valence-electron chi connectivity index (χ1n) is 11.9. The molecule has 0 aromatic heterocycles. The Bertz CT molecular complexity index is 1150. The molecule has 282 valence electrons. The van der Waals surface area contributed by atoms with Gasteiger partial charge in [-0.2, -0.15) is 0 Å². The van der Waals surface area contributed by atoms with Crippen LogP contribution in [0.15, 0.2) is 24.3 Å². The average Bonchev–Trinajstić information content (AvgIpc) is 2.89. The minimum Gasteiger partial charge on any atom is -0.481 e. The van der Waals surface area contributed by atoms with Crippen LogP contribution in [0.1, 0.15) is 38.5 Å². The van der Waals surface area contributed by atoms with Gasteiger partial charge in [0.1, 0.15) is 0 Å². The molecule has 14 N–H and O–H groups in total. The van der Waals surface area contributed by atoms with Crippen molar-refractivity contribution < 1.29 is 129 Å². The molecular formula is C24H30O26. The summed E-state index contributed by atoms with van der Waals surface area (Å²) in [6, 6.07) is 0. The van der Waals surface area contributed by atoms with Crippen LogP contribution in [-0.4, -0.2) is 154 Å². The lowest BCUT2D eigenvalue weighted by atomic mass is 9.96. The summed E-state index contributed by atoms with van der Waals surface area (Å²) in [7, 11) is 0. The zero-order valence-corrected chi connectivity index (χ0v) is 24.7. The third kappa shape index (κ3) is 41.0. The first kappa shape index (κ1) is 52.6. The molecule has 0 aromatic rings. The maximum atomic E-state index is 10.3. The summed E-state index contributed by atoms with van der Waals surface area (Å²) in [6.45, 7) is 0. The van der Waals surface area contributed by atoms with E-state index in [-0.39, 0.29) is 12.8 Å². The molecule has 0 fully saturated rings. The molecule has 0 radical (unpaired) electrons. The molecule has 26 nitrogen and oxygen atoms in total. The zero-order chi connectivity index (χ0) is 41.0. The van der Waals surface area contributed by atoms with Crippen LogP contribution in [0.4, 0.5) is 0 Å². The van der Waals surface area contributed by atoms with Gasteiger partial charge in [-0.3, -0.25) is 28.8 Å². The van der Waals surface area contributed by atoms with E-state index in [0.717, 1.165) is 0 Å². The Morgan fingerprint density at radius 2 is 0.480 bits per heavy atom. The summed E-state index contributed by atoms with van der Waals surface area (Å²) in [5.74, 6) is -17.2. The molecule has 0 atom stereocenters. The number of hydrogen-bond acceptors (Lipinski definition) is 14. The van der Waals surface area contributed by atoms with Crippen LogP contribution < -0.4 is 0 Å². The van der Waals surface area contributed by atoms with Crippen LogP contribution in [0.25, 0.3) is 0 Å². The average molecular weight is 734 g/mol. The number of carbonyl (C=O) groups is 12. The summed E-state index contributed by atoms with van der Waals surface area (Å²) in [5.41, 5.74) is -5.48. The Kier molecular flexibility index (Phi) is 28.6. The van der Waals surface area contributed by atoms with Gasteiger partial charge in [0, 0.05) is 24.3 Å². The van der Waals surface area contributed by atoms with Crippen molar-refractivity contribution in [3.63, 3.8) is 0 Å². The Morgan fingerprint density at radius 3 is 0.560 bits per heavy atom. The van der Waals surface area contributed by atoms with Crippen LogP contribution in [0.2, 0.25) is 0 Å². The highest BCUT2D eigenvalue weighted by molar-refractivity contribution is 5.90. The molecule has 0 aliphatic rings. The normalized spacial score (nSPS) is 10.0. The van der Waals surface area contributed by atoms with Crippen LogP contribution in [0, 0.1) is 0 Å². The molecule has 0 aliphatic heterocycles. The quantitative estimate of drug-likeness (QED) is 0.0656. The summed E-state index contributed by atoms with van der Waals surface area (Å²) in [6.07, 6.45) is -2.94. The lowest BCUT2D eigenvalue weighted by Crippen LogP contribution is -2.42. The third-order valence-electron chi connectivity index (χ3n) is 3.86. The van der Waals surface area contributed by atoms with Gasteiger partial charge in [0.25, 0.3) is 0 Å². The molecular weight excluding hydrogens is 704 g/mol. The van der Waals surface area contributed by atoms with Gasteiger partial charge in [0.05, 0.1) is 38.5 Å². The van der Waals surface area contributed by atoms with Crippen molar-refractivity contribution >= 4 is 71.6 Å². The summed E-state index contributed by atoms with van der Waals surface area (Å²) < 4.78 is 0. The van der Waals surface area contributed by atoms with Gasteiger partial charge in [0.2, 0.25) is 0 Å². The molecule has 50 heavy (non-hydrogen) atoms. The van der Waals surface area contributed by atoms with Gasteiger partial charge in [-0.15, -0.1) is 0 Å². The van der Waals surface area contributed by atoms with E-state index >= 15 is 0 Å². The van der Waals surface area contributed by atoms with Gasteiger partial charge in [-0.1, -0.05) is 0 Å². The number of carboxylic acid groups (broad SMARTS) is 12. The number of hydrogen-bond donors (Lipinski definition) is 14. The fourth-order valence-corrected chi connectivity index (χ4v) is 1.93. The van der Waals surface area contributed by atoms with E-state index < -0.39 is 109 Å². The lowest BCUT2D eigenvalue weighted by molar-refractivity contribution is -0.170. The lowest BCUT2D eigenvalue weighted by Gasteiger charge is -2.18. The van der Waals surface area contributed by atoms with E-state index in [4.69, 9.17) is 71.5 Å². The monoisotopic (exact) mass is 734 g/mol. The third-order valence-corrected chi connectivity index (χ3v) is 3.86. The summed E-state index contributed by atoms with van der Waals surface area (Å²) in [5, 5.41) is 115. The fraction of sp³-hybridized carbons (Fsp3) is 0.333. The van der Waals surface area contributed by atoms with E-state index in [2.05, 4.69) is 0 Å². The molecule has 26 heteroatoms. The highest BCUT2D eigenvalue weighted by atomic mass is 16.4. The first-order valence-corrected chi connectivity index (χ1v) is 11.9. The largest absolute Gasteiger partial charge is 0.481 e. The zero-order valence-electron chi connectivity index (χ0n) is 24.7. The molecule has 0 unspecified atom stereocenters. The Hall–Kier alpha value is -6.96. The first-order chi connectivity index (χ1) is 22.4. The number of rotatable bonds is 17. The van der Waals surface area contributed by atoms with Gasteiger partial charge >= 0.3 is 71.6 Å². The van der Waals surface area contributed by atoms with Crippen LogP contribution in [0.3, 0.4) is 0 Å². The maximum absolute atomic E-state index is 10.3. The SMILES string of the molecule is O=C(O)/C=C\C(=O)O.O=C(O)/C=C\C(=O)O.O=C(O)CC(O)(CC(=O)O)C(=O)O.O=C(O)CC(O)(CC(=O)O)C(=O)O.O=C(O)CCC(=O)O. The Balaban J connectivity index is -0.000000172. The molecule has 0 saturated heterocycles. The smallest absolute Gasteiger partial charge is 0.336 e. The van der Waals surface area contributed by atoms with Crippen molar-refractivity contribution in [1.29, 1.82) is 0 Å². The number of aliphatic hydroxyl groups is 2. The van der Waals surface area contributed by atoms with E-state index in [1.54, 1.807) is 0 Å². The van der Waals surface area contributed by atoms with Gasteiger partial charge < -0.3 is 71.5 Å². The molecule has 0 spiro atoms. The minimum atomic E-state index is -2.74. The van der Waals surface area contributed by atoms with Crippen molar-refractivity contribution in [2.24, 2.45) is 0 Å². The molecule has 0 amide bonds. The van der Waals surface area contributed by atoms with Crippen molar-refractivity contribution in [3.05, 3.63) is 24.3 Å². The molecule has 0 rings (SSSR count). The predicted molar refractivity (Wildman–Crippen MR) is 148 cm³/mol. The van der Waals surface area contributed by atoms with E-state index in [1.807, 2.05) is 0 Å². The molecule has 0 saturated carbocycles. The second kappa shape index (κ2) is 27.2. The standard InChI is InChI=1S/2C6H8O7.C4H6O4.2C4H4O4/c2*7-3(8)1-6(13,5(11)12)2-4(9)10;3*5-3(6)1-2-4(7)8/h2*13H,1-2H2,(H,7,8)(H,9,10)(H,11,12);1-2H2,(H,5,6)(H,7,8);2*1-2H,(H,5,6)(H,7,8)/b;;;2*2-1-. The minimum absolute atomic E-state index is 0.296. The van der Waals surface area contributed by atoms with Gasteiger partial charge in [-0.25, -0.2) is 28.8 Å². The van der Waals surface area contributed by atoms with Crippen LogP contribution in [-0.2, 0) is 57.5 Å². The van der Waals surface area contributed by atoms with Gasteiger partial charge in [0.15, 0.2) is 11.2 Å². The Labute approximate surface area is 275 Å². The van der Waals surface area contributed by atoms with Crippen LogP contribution >= 0.6 is 0 Å². The van der Waals surface area contributed by atoms with Crippen molar-refractivity contribution in [2.45, 2.75) is 49.7 Å². The molecule has 0 aromatic carbocycles. The fourth-order valence-electron chi connectivity index (χ4n) is 1.93. The topological polar surface area (TPSA) is 488 Å². The van der Waals surface area contributed by atoms with Crippen molar-refractivity contribution in [3.8, 4) is 0 Å². The predicted octanol–water partition coefficient (Wildman–Crippen LogP) is -3.14. The number of carboxylic acids is 12. The highest BCUT2D eigenvalue weighted by Gasteiger charge is 2.41. The summed E-state index contributed by atoms with van der Waals surface area (Å²) >= 11 is 0. The molecule has 0 bridgehead atoms. The molecule has 0 aliphatic carbocycles. The van der Waals surface area contributed by atoms with E-state index in [9.17, 15) is 57.5 Å². The Morgan fingerprint density at radius 1 is 0.320 bits per heavy atom. The van der Waals surface area contributed by atoms with Crippen LogP contribution in [0.5, 0.6) is 0 Å². The second-order valence-corrected chi connectivity index (χ2v) is 8.26. The summed E-state index contributed by atoms with van der Waals surface area (Å²) in [4.78, 5) is 118. The highest BCUT2D eigenvalue weighted by Crippen LogP contribution is 2.16. The van der Waals surface area contributed by atoms with E-state index in [1.165, 1.54) is 0 Å². The maximum Gasteiger partial charge on any atom is 0.336 e. The van der Waals surface area contributed by atoms with Gasteiger partial charge in [-0.05, 0) is 0 Å². The van der Waals surface area contributed by atoms with E-state index in [0.29, 0.717) is 24.3 Å². The van der Waals surface area contributed by atoms with Crippen molar-refractivity contribution in [2.75, 3.05) is 0 Å². The number of aliphatic carboxylic acids is 12.